The molecule has 0 aromatic heterocycles. The molecule has 0 radical (unpaired) electrons. The maximum absolute atomic E-state index is 12.6. The van der Waals surface area contributed by atoms with Gasteiger partial charge in [-0.2, -0.15) is 0 Å². The van der Waals surface area contributed by atoms with Crippen molar-refractivity contribution in [3.63, 3.8) is 0 Å². The van der Waals surface area contributed by atoms with Gasteiger partial charge in [0.05, 0.1) is 13.2 Å². The van der Waals surface area contributed by atoms with Crippen LogP contribution >= 0.6 is 0 Å². The predicted molar refractivity (Wildman–Crippen MR) is 107 cm³/mol. The number of benzene rings is 3. The lowest BCUT2D eigenvalue weighted by atomic mass is 10.0. The molecule has 138 valence electrons. The van der Waals surface area contributed by atoms with Crippen molar-refractivity contribution < 1.29 is 14.3 Å². The van der Waals surface area contributed by atoms with Crippen LogP contribution in [0.1, 0.15) is 34.5 Å². The van der Waals surface area contributed by atoms with Gasteiger partial charge in [-0.15, -0.1) is 0 Å². The number of amides is 1. The molecule has 0 heterocycles. The topological polar surface area (TPSA) is 47.6 Å². The Balaban J connectivity index is 1.68. The average molecular weight is 361 g/mol. The molecule has 4 heteroatoms. The van der Waals surface area contributed by atoms with Crippen LogP contribution in [0.5, 0.6) is 17.2 Å². The molecule has 3 aromatic rings. The first-order valence-corrected chi connectivity index (χ1v) is 8.85. The van der Waals surface area contributed by atoms with E-state index in [0.29, 0.717) is 11.3 Å². The highest BCUT2D eigenvalue weighted by atomic mass is 16.5. The fourth-order valence-corrected chi connectivity index (χ4v) is 2.85. The van der Waals surface area contributed by atoms with E-state index >= 15 is 0 Å². The summed E-state index contributed by atoms with van der Waals surface area (Å²) in [6.45, 7) is 3.96. The smallest absolute Gasteiger partial charge is 0.251 e. The van der Waals surface area contributed by atoms with Crippen LogP contribution in [0, 0.1) is 6.92 Å². The van der Waals surface area contributed by atoms with Crippen LogP contribution in [0.4, 0.5) is 0 Å². The third-order valence-corrected chi connectivity index (χ3v) is 4.29. The average Bonchev–Trinajstić information content (AvgIpc) is 2.69. The standard InChI is InChI=1S/C23H23NO3/c1-16-9-14-22(26-3)21(15-16)17(2)24-23(25)18-10-12-20(13-11-18)27-19-7-5-4-6-8-19/h4-15,17H,1-3H3,(H,24,25)/t17-/m0/s1. The zero-order chi connectivity index (χ0) is 19.2. The summed E-state index contributed by atoms with van der Waals surface area (Å²) in [5.74, 6) is 2.07. The van der Waals surface area contributed by atoms with Crippen LogP contribution in [-0.4, -0.2) is 13.0 Å². The van der Waals surface area contributed by atoms with Gasteiger partial charge in [0.25, 0.3) is 5.91 Å². The molecule has 0 saturated carbocycles. The van der Waals surface area contributed by atoms with Gasteiger partial charge in [0.2, 0.25) is 0 Å². The van der Waals surface area contributed by atoms with E-state index in [1.54, 1.807) is 31.4 Å². The third kappa shape index (κ3) is 4.67. The van der Waals surface area contributed by atoms with E-state index < -0.39 is 0 Å². The molecule has 1 atom stereocenters. The molecule has 3 aromatic carbocycles. The van der Waals surface area contributed by atoms with Gasteiger partial charge in [0, 0.05) is 11.1 Å². The lowest BCUT2D eigenvalue weighted by Crippen LogP contribution is -2.27. The minimum Gasteiger partial charge on any atom is -0.496 e. The van der Waals surface area contributed by atoms with E-state index in [1.165, 1.54) is 0 Å². The van der Waals surface area contributed by atoms with Gasteiger partial charge in [0.15, 0.2) is 0 Å². The van der Waals surface area contributed by atoms with Gasteiger partial charge in [-0.1, -0.05) is 35.9 Å². The fraction of sp³-hybridized carbons (Fsp3) is 0.174. The normalized spacial score (nSPS) is 11.5. The monoisotopic (exact) mass is 361 g/mol. The molecule has 0 fully saturated rings. The van der Waals surface area contributed by atoms with Gasteiger partial charge in [-0.05, 0) is 56.3 Å². The van der Waals surface area contributed by atoms with Gasteiger partial charge in [-0.3, -0.25) is 4.79 Å². The fourth-order valence-electron chi connectivity index (χ4n) is 2.85. The Morgan fingerprint density at radius 1 is 0.926 bits per heavy atom. The Morgan fingerprint density at radius 2 is 1.59 bits per heavy atom. The van der Waals surface area contributed by atoms with Gasteiger partial charge >= 0.3 is 0 Å². The molecule has 3 rings (SSSR count). The van der Waals surface area contributed by atoms with Crippen molar-refractivity contribution in [3.05, 3.63) is 89.5 Å². The first-order chi connectivity index (χ1) is 13.1. The largest absolute Gasteiger partial charge is 0.496 e. The summed E-state index contributed by atoms with van der Waals surface area (Å²) >= 11 is 0. The van der Waals surface area contributed by atoms with E-state index in [4.69, 9.17) is 9.47 Å². The molecule has 0 aliphatic carbocycles. The number of hydrogen-bond acceptors (Lipinski definition) is 3. The molecular formula is C23H23NO3. The van der Waals surface area contributed by atoms with Crippen molar-refractivity contribution in [2.45, 2.75) is 19.9 Å². The van der Waals surface area contributed by atoms with Crippen molar-refractivity contribution in [3.8, 4) is 17.2 Å². The molecule has 0 bridgehead atoms. The molecule has 1 N–H and O–H groups in total. The van der Waals surface area contributed by atoms with Crippen molar-refractivity contribution in [2.24, 2.45) is 0 Å². The first-order valence-electron chi connectivity index (χ1n) is 8.85. The Hall–Kier alpha value is -3.27. The van der Waals surface area contributed by atoms with Crippen LogP contribution in [0.3, 0.4) is 0 Å². The van der Waals surface area contributed by atoms with Crippen molar-refractivity contribution in [2.75, 3.05) is 7.11 Å². The number of nitrogens with one attached hydrogen (secondary N) is 1. The number of rotatable bonds is 6. The van der Waals surface area contributed by atoms with Crippen LogP contribution in [0.25, 0.3) is 0 Å². The second kappa shape index (κ2) is 8.41. The number of hydrogen-bond donors (Lipinski definition) is 1. The molecule has 4 nitrogen and oxygen atoms in total. The van der Waals surface area contributed by atoms with E-state index in [1.807, 2.05) is 62.4 Å². The molecular weight excluding hydrogens is 338 g/mol. The van der Waals surface area contributed by atoms with E-state index in [2.05, 4.69) is 5.32 Å². The van der Waals surface area contributed by atoms with Gasteiger partial charge < -0.3 is 14.8 Å². The third-order valence-electron chi connectivity index (χ3n) is 4.29. The Bertz CT molecular complexity index is 905. The number of carbonyl (C=O) groups is 1. The summed E-state index contributed by atoms with van der Waals surface area (Å²) in [5, 5.41) is 3.02. The molecule has 1 amide bonds. The zero-order valence-corrected chi connectivity index (χ0v) is 15.7. The number of aryl methyl sites for hydroxylation is 1. The highest BCUT2D eigenvalue weighted by molar-refractivity contribution is 5.94. The lowest BCUT2D eigenvalue weighted by molar-refractivity contribution is 0.0939. The molecule has 0 aliphatic heterocycles. The quantitative estimate of drug-likeness (QED) is 0.649. The Morgan fingerprint density at radius 3 is 2.26 bits per heavy atom. The summed E-state index contributed by atoms with van der Waals surface area (Å²) in [6, 6.07) is 22.4. The van der Waals surface area contributed by atoms with Crippen molar-refractivity contribution in [1.29, 1.82) is 0 Å². The maximum Gasteiger partial charge on any atom is 0.251 e. The number of methoxy groups -OCH3 is 1. The van der Waals surface area contributed by atoms with E-state index in [-0.39, 0.29) is 11.9 Å². The number of ether oxygens (including phenoxy) is 2. The summed E-state index contributed by atoms with van der Waals surface area (Å²) < 4.78 is 11.2. The van der Waals surface area contributed by atoms with Crippen molar-refractivity contribution >= 4 is 5.91 Å². The van der Waals surface area contributed by atoms with Gasteiger partial charge in [-0.25, -0.2) is 0 Å². The lowest BCUT2D eigenvalue weighted by Gasteiger charge is -2.18. The summed E-state index contributed by atoms with van der Waals surface area (Å²) in [5.41, 5.74) is 2.65. The molecule has 27 heavy (non-hydrogen) atoms. The summed E-state index contributed by atoms with van der Waals surface area (Å²) in [4.78, 5) is 12.6. The van der Waals surface area contributed by atoms with E-state index in [9.17, 15) is 4.79 Å². The molecule has 0 saturated heterocycles. The SMILES string of the molecule is COc1ccc(C)cc1[C@H](C)NC(=O)c1ccc(Oc2ccccc2)cc1. The van der Waals surface area contributed by atoms with Crippen LogP contribution in [0.15, 0.2) is 72.8 Å². The van der Waals surface area contributed by atoms with Crippen LogP contribution in [0.2, 0.25) is 0 Å². The zero-order valence-electron chi connectivity index (χ0n) is 15.7. The minimum atomic E-state index is -0.174. The maximum atomic E-state index is 12.6. The predicted octanol–water partition coefficient (Wildman–Crippen LogP) is 5.29. The summed E-state index contributed by atoms with van der Waals surface area (Å²) in [6.07, 6.45) is 0. The minimum absolute atomic E-state index is 0.141. The summed E-state index contributed by atoms with van der Waals surface area (Å²) in [7, 11) is 1.63. The number of carbonyl (C=O) groups excluding carboxylic acids is 1. The van der Waals surface area contributed by atoms with Crippen molar-refractivity contribution in [1.82, 2.24) is 5.32 Å². The molecule has 0 spiro atoms. The Labute approximate surface area is 159 Å². The second-order valence-electron chi connectivity index (χ2n) is 6.38. The van der Waals surface area contributed by atoms with Crippen LogP contribution < -0.4 is 14.8 Å². The van der Waals surface area contributed by atoms with Gasteiger partial charge in [0.1, 0.15) is 17.2 Å². The van der Waals surface area contributed by atoms with Crippen LogP contribution in [-0.2, 0) is 0 Å². The number of para-hydroxylation sites is 1. The van der Waals surface area contributed by atoms with E-state index in [0.717, 1.165) is 22.6 Å². The highest BCUT2D eigenvalue weighted by Gasteiger charge is 2.15. The Kier molecular flexibility index (Phi) is 5.77. The first kappa shape index (κ1) is 18.5. The molecule has 0 unspecified atom stereocenters. The second-order valence-corrected chi connectivity index (χ2v) is 6.38. The molecule has 0 aliphatic rings. The highest BCUT2D eigenvalue weighted by Crippen LogP contribution is 2.26.